The minimum atomic E-state index is -4.19. The van der Waals surface area contributed by atoms with Gasteiger partial charge < -0.3 is 9.84 Å². The highest BCUT2D eigenvalue weighted by Crippen LogP contribution is 2.30. The van der Waals surface area contributed by atoms with E-state index in [0.29, 0.717) is 16.3 Å². The van der Waals surface area contributed by atoms with E-state index < -0.39 is 18.2 Å². The molecule has 0 spiro atoms. The van der Waals surface area contributed by atoms with Crippen LogP contribution >= 0.6 is 11.6 Å². The second-order valence-electron chi connectivity index (χ2n) is 5.10. The Kier molecular flexibility index (Phi) is 5.71. The summed E-state index contributed by atoms with van der Waals surface area (Å²) in [5, 5.41) is 10.7. The Morgan fingerprint density at radius 3 is 2.45 bits per heavy atom. The van der Waals surface area contributed by atoms with Gasteiger partial charge in [0.15, 0.2) is 0 Å². The summed E-state index contributed by atoms with van der Waals surface area (Å²) in [6.45, 7) is 1.52. The molecule has 0 saturated heterocycles. The summed E-state index contributed by atoms with van der Waals surface area (Å²) in [6.07, 6.45) is -4.95. The fourth-order valence-corrected chi connectivity index (χ4v) is 2.25. The molecule has 0 amide bonds. The number of hydrogen-bond donors (Lipinski definition) is 1. The van der Waals surface area contributed by atoms with Gasteiger partial charge in [-0.05, 0) is 43.5 Å². The fraction of sp³-hybridized carbons (Fsp3) is 0.571. The van der Waals surface area contributed by atoms with Crippen LogP contribution in [0.15, 0.2) is 18.2 Å². The van der Waals surface area contributed by atoms with Crippen molar-refractivity contribution >= 4 is 11.6 Å². The molecule has 1 rings (SSSR count). The molecule has 1 N–H and O–H groups in total. The predicted molar refractivity (Wildman–Crippen MR) is 72.2 cm³/mol. The summed E-state index contributed by atoms with van der Waals surface area (Å²) >= 11 is 5.88. The van der Waals surface area contributed by atoms with Crippen molar-refractivity contribution in [1.29, 1.82) is 0 Å². The van der Waals surface area contributed by atoms with E-state index in [1.165, 1.54) is 14.0 Å². The quantitative estimate of drug-likeness (QED) is 0.845. The highest BCUT2D eigenvalue weighted by Gasteiger charge is 2.29. The van der Waals surface area contributed by atoms with Crippen molar-refractivity contribution in [3.05, 3.63) is 28.8 Å². The molecule has 0 aliphatic rings. The second-order valence-corrected chi connectivity index (χ2v) is 5.54. The third-order valence-electron chi connectivity index (χ3n) is 2.99. The van der Waals surface area contributed by atoms with Crippen LogP contribution in [0.25, 0.3) is 0 Å². The molecule has 0 aliphatic heterocycles. The first-order valence-corrected chi connectivity index (χ1v) is 6.62. The van der Waals surface area contributed by atoms with Gasteiger partial charge in [0.25, 0.3) is 0 Å². The number of hydrogen-bond acceptors (Lipinski definition) is 2. The standard InChI is InChI=1S/C14H18ClF3O2/c1-13(19,6-3-7-14(16,17)18)9-10-8-11(15)4-5-12(10)20-2/h4-5,8,19H,3,6-7,9H2,1-2H3. The van der Waals surface area contributed by atoms with Crippen LogP contribution in [0.5, 0.6) is 5.75 Å². The van der Waals surface area contributed by atoms with Crippen LogP contribution in [0.4, 0.5) is 13.2 Å². The van der Waals surface area contributed by atoms with Gasteiger partial charge in [-0.15, -0.1) is 0 Å². The molecule has 0 heterocycles. The molecule has 20 heavy (non-hydrogen) atoms. The summed E-state index contributed by atoms with van der Waals surface area (Å²) in [5.41, 5.74) is -0.555. The largest absolute Gasteiger partial charge is 0.496 e. The highest BCUT2D eigenvalue weighted by atomic mass is 35.5. The zero-order valence-corrected chi connectivity index (χ0v) is 12.2. The van der Waals surface area contributed by atoms with Gasteiger partial charge in [0, 0.05) is 17.9 Å². The molecule has 1 unspecified atom stereocenters. The zero-order chi connectivity index (χ0) is 15.4. The normalized spacial score (nSPS) is 14.9. The molecule has 1 atom stereocenters. The summed E-state index contributed by atoms with van der Waals surface area (Å²) in [7, 11) is 1.49. The number of methoxy groups -OCH3 is 1. The molecular formula is C14H18ClF3O2. The summed E-state index contributed by atoms with van der Waals surface area (Å²) in [5.74, 6) is 0.561. The van der Waals surface area contributed by atoms with Crippen LogP contribution < -0.4 is 4.74 Å². The third-order valence-corrected chi connectivity index (χ3v) is 3.22. The molecule has 0 bridgehead atoms. The Balaban J connectivity index is 2.68. The van der Waals surface area contributed by atoms with E-state index in [9.17, 15) is 18.3 Å². The van der Waals surface area contributed by atoms with E-state index in [4.69, 9.17) is 16.3 Å². The van der Waals surface area contributed by atoms with E-state index in [-0.39, 0.29) is 19.3 Å². The Labute approximate surface area is 121 Å². The van der Waals surface area contributed by atoms with Gasteiger partial charge in [-0.1, -0.05) is 11.6 Å². The Hall–Kier alpha value is -0.940. The number of alkyl halides is 3. The summed E-state index contributed by atoms with van der Waals surface area (Å²) in [4.78, 5) is 0. The SMILES string of the molecule is COc1ccc(Cl)cc1CC(C)(O)CCCC(F)(F)F. The molecule has 6 heteroatoms. The first-order valence-electron chi connectivity index (χ1n) is 6.24. The van der Waals surface area contributed by atoms with Crippen LogP contribution in [0, 0.1) is 0 Å². The molecule has 114 valence electrons. The molecular weight excluding hydrogens is 293 g/mol. The van der Waals surface area contributed by atoms with Crippen molar-refractivity contribution in [2.45, 2.75) is 44.4 Å². The maximum Gasteiger partial charge on any atom is 0.389 e. The lowest BCUT2D eigenvalue weighted by Crippen LogP contribution is -2.28. The number of rotatable bonds is 6. The smallest absolute Gasteiger partial charge is 0.389 e. The molecule has 1 aromatic carbocycles. The predicted octanol–water partition coefficient (Wildman–Crippen LogP) is 4.37. The van der Waals surface area contributed by atoms with E-state index in [0.717, 1.165) is 0 Å². The molecule has 1 aromatic rings. The van der Waals surface area contributed by atoms with Crippen LogP contribution in [0.1, 0.15) is 31.7 Å². The fourth-order valence-electron chi connectivity index (χ4n) is 2.05. The first kappa shape index (κ1) is 17.1. The lowest BCUT2D eigenvalue weighted by molar-refractivity contribution is -0.137. The van der Waals surface area contributed by atoms with Gasteiger partial charge in [-0.25, -0.2) is 0 Å². The van der Waals surface area contributed by atoms with E-state index in [1.54, 1.807) is 18.2 Å². The number of ether oxygens (including phenoxy) is 1. The summed E-state index contributed by atoms with van der Waals surface area (Å²) in [6, 6.07) is 4.98. The van der Waals surface area contributed by atoms with Crippen molar-refractivity contribution in [2.75, 3.05) is 7.11 Å². The average Bonchev–Trinajstić information content (AvgIpc) is 2.26. The van der Waals surface area contributed by atoms with E-state index in [1.807, 2.05) is 0 Å². The van der Waals surface area contributed by atoms with Gasteiger partial charge in [0.05, 0.1) is 12.7 Å². The van der Waals surface area contributed by atoms with Crippen molar-refractivity contribution in [3.8, 4) is 5.75 Å². The first-order chi connectivity index (χ1) is 9.13. The van der Waals surface area contributed by atoms with Gasteiger partial charge in [0.1, 0.15) is 5.75 Å². The second kappa shape index (κ2) is 6.68. The molecule has 0 fully saturated rings. The summed E-state index contributed by atoms with van der Waals surface area (Å²) < 4.78 is 41.5. The number of benzene rings is 1. The van der Waals surface area contributed by atoms with Crippen molar-refractivity contribution < 1.29 is 23.0 Å². The van der Waals surface area contributed by atoms with Crippen molar-refractivity contribution in [1.82, 2.24) is 0 Å². The Morgan fingerprint density at radius 2 is 1.90 bits per heavy atom. The Bertz CT molecular complexity index is 445. The lowest BCUT2D eigenvalue weighted by Gasteiger charge is -2.24. The number of aliphatic hydroxyl groups is 1. The van der Waals surface area contributed by atoms with Crippen molar-refractivity contribution in [3.63, 3.8) is 0 Å². The topological polar surface area (TPSA) is 29.5 Å². The molecule has 0 radical (unpaired) electrons. The minimum Gasteiger partial charge on any atom is -0.496 e. The average molecular weight is 311 g/mol. The molecule has 2 nitrogen and oxygen atoms in total. The monoisotopic (exact) mass is 310 g/mol. The molecule has 0 saturated carbocycles. The van der Waals surface area contributed by atoms with Gasteiger partial charge in [-0.2, -0.15) is 13.2 Å². The van der Waals surface area contributed by atoms with Crippen LogP contribution in [-0.4, -0.2) is 24.0 Å². The van der Waals surface area contributed by atoms with Crippen LogP contribution in [-0.2, 0) is 6.42 Å². The highest BCUT2D eigenvalue weighted by molar-refractivity contribution is 6.30. The lowest BCUT2D eigenvalue weighted by atomic mass is 9.91. The van der Waals surface area contributed by atoms with E-state index >= 15 is 0 Å². The minimum absolute atomic E-state index is 0.0577. The van der Waals surface area contributed by atoms with Crippen molar-refractivity contribution in [2.24, 2.45) is 0 Å². The Morgan fingerprint density at radius 1 is 1.25 bits per heavy atom. The molecule has 0 aromatic heterocycles. The number of halogens is 4. The van der Waals surface area contributed by atoms with Gasteiger partial charge in [-0.3, -0.25) is 0 Å². The van der Waals surface area contributed by atoms with Crippen LogP contribution in [0.2, 0.25) is 5.02 Å². The maximum atomic E-state index is 12.1. The zero-order valence-electron chi connectivity index (χ0n) is 11.4. The third kappa shape index (κ3) is 6.01. The van der Waals surface area contributed by atoms with E-state index in [2.05, 4.69) is 0 Å². The maximum absolute atomic E-state index is 12.1. The molecule has 0 aliphatic carbocycles. The van der Waals surface area contributed by atoms with Gasteiger partial charge in [0.2, 0.25) is 0 Å². The van der Waals surface area contributed by atoms with Crippen LogP contribution in [0.3, 0.4) is 0 Å². The van der Waals surface area contributed by atoms with Gasteiger partial charge >= 0.3 is 6.18 Å².